The van der Waals surface area contributed by atoms with E-state index < -0.39 is 4.92 Å². The molecule has 0 fully saturated rings. The van der Waals surface area contributed by atoms with Crippen LogP contribution in [0.1, 0.15) is 16.7 Å². The first kappa shape index (κ1) is 23.1. The van der Waals surface area contributed by atoms with Crippen molar-refractivity contribution < 1.29 is 20.6 Å². The topological polar surface area (TPSA) is 161 Å². The first-order chi connectivity index (χ1) is 14.4. The number of hydrogen-bond acceptors (Lipinski definition) is 7. The molecule has 0 heterocycles. The van der Waals surface area contributed by atoms with Crippen LogP contribution >= 0.6 is 0 Å². The lowest BCUT2D eigenvalue weighted by atomic mass is 10.1. The zero-order valence-corrected chi connectivity index (χ0v) is 16.8. The number of nitrogens with zero attached hydrogens (tertiary/aromatic N) is 2. The molecule has 0 amide bonds. The second kappa shape index (κ2) is 10.1. The normalized spacial score (nSPS) is 10.7. The van der Waals surface area contributed by atoms with E-state index in [1.54, 1.807) is 0 Å². The van der Waals surface area contributed by atoms with Gasteiger partial charge in [-0.1, -0.05) is 35.4 Å². The second-order valence-corrected chi connectivity index (χ2v) is 6.70. The maximum Gasteiger partial charge on any atom is 0.289 e. The lowest BCUT2D eigenvalue weighted by molar-refractivity contribution is -0.384. The van der Waals surface area contributed by atoms with Gasteiger partial charge in [-0.05, 0) is 43.3 Å². The predicted molar refractivity (Wildman–Crippen MR) is 117 cm³/mol. The molecule has 0 unspecified atom stereocenters. The summed E-state index contributed by atoms with van der Waals surface area (Å²) in [5, 5.41) is 26.9. The van der Waals surface area contributed by atoms with Crippen molar-refractivity contribution in [1.29, 1.82) is 0 Å². The fourth-order valence-electron chi connectivity index (χ4n) is 2.86. The second-order valence-electron chi connectivity index (χ2n) is 6.70. The quantitative estimate of drug-likeness (QED) is 0.155. The number of nitroso groups, excluding NO2 is 1. The molecule has 31 heavy (non-hydrogen) atoms. The number of rotatable bonds is 6. The van der Waals surface area contributed by atoms with Crippen molar-refractivity contribution in [2.45, 2.75) is 13.8 Å². The summed E-state index contributed by atoms with van der Waals surface area (Å²) in [6.45, 7) is 3.91. The van der Waals surface area contributed by atoms with Gasteiger partial charge in [-0.25, -0.2) is 10.3 Å². The Morgan fingerprint density at radius 2 is 1.61 bits per heavy atom. The molecule has 0 radical (unpaired) electrons. The van der Waals surface area contributed by atoms with Crippen molar-refractivity contribution in [3.05, 3.63) is 92.4 Å². The number of nitro benzene ring substituents is 1. The minimum Gasteiger partial charge on any atom is -0.870 e. The van der Waals surface area contributed by atoms with Crippen LogP contribution in [-0.2, 0) is 0 Å². The lowest BCUT2D eigenvalue weighted by Crippen LogP contribution is -2.69. The first-order valence-corrected chi connectivity index (χ1v) is 9.02. The SMILES string of the molecule is Cc1ccc(NC(=[NH+]c2ccc(C)cc2)c2c(N=O)cc([N+](=O)[O-])cc2NO)cc1.[OH-]. The molecule has 0 atom stereocenters. The largest absolute Gasteiger partial charge is 0.870 e. The highest BCUT2D eigenvalue weighted by molar-refractivity contribution is 6.12. The van der Waals surface area contributed by atoms with Gasteiger partial charge in [0.05, 0.1) is 10.6 Å². The third-order valence-electron chi connectivity index (χ3n) is 4.42. The number of non-ortho nitro benzene ring substituents is 1. The van der Waals surface area contributed by atoms with Crippen molar-refractivity contribution >= 4 is 34.3 Å². The molecule has 0 saturated heterocycles. The molecular weight excluding hydrogens is 402 g/mol. The standard InChI is InChI=1S/C21H19N5O4.H2O/c1-13-3-7-15(8-4-13)22-21(23-16-9-5-14(2)6-10-16)20-18(24-27)11-17(26(29)30)12-19(20)25-28;/h3-12,24,27H,1-2H3,(H,22,23);1H2. The van der Waals surface area contributed by atoms with Gasteiger partial charge in [-0.3, -0.25) is 20.8 Å². The van der Waals surface area contributed by atoms with E-state index in [1.165, 1.54) is 0 Å². The highest BCUT2D eigenvalue weighted by atomic mass is 16.6. The van der Waals surface area contributed by atoms with Crippen molar-refractivity contribution in [1.82, 2.24) is 0 Å². The highest BCUT2D eigenvalue weighted by Gasteiger charge is 2.26. The summed E-state index contributed by atoms with van der Waals surface area (Å²) in [6.07, 6.45) is 0. The Balaban J connectivity index is 0.00000341. The van der Waals surface area contributed by atoms with Gasteiger partial charge in [-0.2, -0.15) is 0 Å². The van der Waals surface area contributed by atoms with E-state index >= 15 is 0 Å². The monoisotopic (exact) mass is 423 g/mol. The number of hydrogen-bond donors (Lipinski definition) is 4. The summed E-state index contributed by atoms with van der Waals surface area (Å²) in [4.78, 5) is 25.2. The molecule has 160 valence electrons. The van der Waals surface area contributed by atoms with Crippen LogP contribution in [0.2, 0.25) is 0 Å². The molecule has 3 aromatic carbocycles. The van der Waals surface area contributed by atoms with Crippen LogP contribution in [0.5, 0.6) is 0 Å². The van der Waals surface area contributed by atoms with E-state index in [-0.39, 0.29) is 28.1 Å². The highest BCUT2D eigenvalue weighted by Crippen LogP contribution is 2.32. The molecule has 0 bridgehead atoms. The van der Waals surface area contributed by atoms with Crippen LogP contribution in [0.15, 0.2) is 65.8 Å². The van der Waals surface area contributed by atoms with Crippen molar-refractivity contribution in [2.75, 3.05) is 10.8 Å². The number of aryl methyl sites for hydroxylation is 2. The minimum atomic E-state index is -0.667. The van der Waals surface area contributed by atoms with Crippen LogP contribution in [0.4, 0.5) is 28.4 Å². The Morgan fingerprint density at radius 1 is 1.03 bits per heavy atom. The van der Waals surface area contributed by atoms with Crippen LogP contribution in [0.3, 0.4) is 0 Å². The number of anilines is 2. The first-order valence-electron chi connectivity index (χ1n) is 9.02. The number of nitrogens with one attached hydrogen (secondary N) is 3. The average molecular weight is 423 g/mol. The van der Waals surface area contributed by atoms with Crippen molar-refractivity contribution in [3.63, 3.8) is 0 Å². The molecule has 0 aliphatic rings. The van der Waals surface area contributed by atoms with Crippen LogP contribution < -0.4 is 15.8 Å². The maximum absolute atomic E-state index is 11.5. The Bertz CT molecular complexity index is 1110. The van der Waals surface area contributed by atoms with Gasteiger partial charge < -0.3 is 5.48 Å². The van der Waals surface area contributed by atoms with Crippen LogP contribution in [0.25, 0.3) is 0 Å². The molecule has 3 aromatic rings. The van der Waals surface area contributed by atoms with Gasteiger partial charge in [-0.15, -0.1) is 4.91 Å². The van der Waals surface area contributed by atoms with Gasteiger partial charge in [0, 0.05) is 12.1 Å². The third-order valence-corrected chi connectivity index (χ3v) is 4.42. The van der Waals surface area contributed by atoms with Crippen LogP contribution in [0, 0.1) is 28.9 Å². The average Bonchev–Trinajstić information content (AvgIpc) is 2.75. The molecule has 0 saturated carbocycles. The molecule has 0 aliphatic carbocycles. The van der Waals surface area contributed by atoms with E-state index in [0.29, 0.717) is 17.2 Å². The summed E-state index contributed by atoms with van der Waals surface area (Å²) >= 11 is 0. The van der Waals surface area contributed by atoms with Gasteiger partial charge in [0.15, 0.2) is 0 Å². The summed E-state index contributed by atoms with van der Waals surface area (Å²) in [6, 6.07) is 17.2. The van der Waals surface area contributed by atoms with Gasteiger partial charge in [0.1, 0.15) is 22.6 Å². The van der Waals surface area contributed by atoms with Crippen LogP contribution in [-0.4, -0.2) is 21.4 Å². The fourth-order valence-corrected chi connectivity index (χ4v) is 2.86. The maximum atomic E-state index is 11.5. The van der Waals surface area contributed by atoms with E-state index in [4.69, 9.17) is 0 Å². The van der Waals surface area contributed by atoms with Crippen molar-refractivity contribution in [3.8, 4) is 0 Å². The number of amidine groups is 1. The summed E-state index contributed by atoms with van der Waals surface area (Å²) in [7, 11) is 0. The van der Waals surface area contributed by atoms with Gasteiger partial charge >= 0.3 is 0 Å². The zero-order chi connectivity index (χ0) is 21.7. The minimum absolute atomic E-state index is 0. The van der Waals surface area contributed by atoms with E-state index in [1.807, 2.05) is 67.9 Å². The smallest absolute Gasteiger partial charge is 0.289 e. The molecule has 5 N–H and O–H groups in total. The predicted octanol–water partition coefficient (Wildman–Crippen LogP) is 3.50. The summed E-state index contributed by atoms with van der Waals surface area (Å²) in [5.74, 6) is 0.309. The molecule has 10 nitrogen and oxygen atoms in total. The zero-order valence-electron chi connectivity index (χ0n) is 16.8. The molecular formula is C21H21N5O5. The molecule has 0 aliphatic heterocycles. The lowest BCUT2D eigenvalue weighted by Gasteiger charge is -2.10. The third kappa shape index (κ3) is 5.47. The summed E-state index contributed by atoms with van der Waals surface area (Å²) in [5.41, 5.74) is 4.98. The van der Waals surface area contributed by atoms with Gasteiger partial charge in [0.25, 0.3) is 11.5 Å². The molecule has 0 aromatic heterocycles. The number of nitro groups is 1. The Labute approximate surface area is 177 Å². The molecule has 3 rings (SSSR count). The fraction of sp³-hybridized carbons (Fsp3) is 0.0952. The Hall–Kier alpha value is -4.15. The van der Waals surface area contributed by atoms with Gasteiger partial charge in [0.2, 0.25) is 0 Å². The van der Waals surface area contributed by atoms with Crippen molar-refractivity contribution in [2.24, 2.45) is 5.18 Å². The Kier molecular flexibility index (Phi) is 7.50. The summed E-state index contributed by atoms with van der Waals surface area (Å²) < 4.78 is 0. The van der Waals surface area contributed by atoms with E-state index in [9.17, 15) is 20.2 Å². The molecule has 10 heteroatoms. The number of benzene rings is 3. The van der Waals surface area contributed by atoms with E-state index in [0.717, 1.165) is 23.3 Å². The molecule has 0 spiro atoms. The van der Waals surface area contributed by atoms with E-state index in [2.05, 4.69) is 15.5 Å². The Morgan fingerprint density at radius 3 is 2.13 bits per heavy atom.